The van der Waals surface area contributed by atoms with Gasteiger partial charge in [-0.05, 0) is 47.2 Å². The molecule has 0 radical (unpaired) electrons. The molecule has 48 heavy (non-hydrogen) atoms. The van der Waals surface area contributed by atoms with Gasteiger partial charge in [-0.1, -0.05) is 133 Å². The van der Waals surface area contributed by atoms with Crippen LogP contribution >= 0.6 is 0 Å². The SMILES string of the molecule is C1=CNC(c2cc(-c3ccccc3)cc(-c3ccc(-c4ccc(-c5nc(-c6ccccc6)nc(-c6ccccc6)n5)cc4)cn3)n2)C=C1. The van der Waals surface area contributed by atoms with Crippen LogP contribution < -0.4 is 5.32 Å². The van der Waals surface area contributed by atoms with Crippen LogP contribution in [0, 0.1) is 0 Å². The van der Waals surface area contributed by atoms with Gasteiger partial charge in [0.05, 0.1) is 23.1 Å². The summed E-state index contributed by atoms with van der Waals surface area (Å²) in [5.74, 6) is 1.91. The van der Waals surface area contributed by atoms with Crippen molar-refractivity contribution < 1.29 is 0 Å². The Morgan fingerprint density at radius 2 is 0.938 bits per heavy atom. The van der Waals surface area contributed by atoms with Crippen molar-refractivity contribution in [2.75, 3.05) is 0 Å². The van der Waals surface area contributed by atoms with Gasteiger partial charge in [0.15, 0.2) is 17.5 Å². The smallest absolute Gasteiger partial charge is 0.164 e. The Labute approximate surface area is 279 Å². The molecule has 6 heteroatoms. The van der Waals surface area contributed by atoms with Crippen molar-refractivity contribution in [2.24, 2.45) is 0 Å². The number of nitrogens with one attached hydrogen (secondary N) is 1. The van der Waals surface area contributed by atoms with Crippen LogP contribution in [0.1, 0.15) is 11.7 Å². The molecule has 1 aliphatic heterocycles. The summed E-state index contributed by atoms with van der Waals surface area (Å²) in [6.45, 7) is 0. The molecule has 4 heterocycles. The molecule has 1 unspecified atom stereocenters. The van der Waals surface area contributed by atoms with Crippen molar-refractivity contribution in [1.29, 1.82) is 0 Å². The third-order valence-electron chi connectivity index (χ3n) is 8.26. The van der Waals surface area contributed by atoms with Gasteiger partial charge in [0, 0.05) is 28.5 Å². The van der Waals surface area contributed by atoms with Gasteiger partial charge in [0.2, 0.25) is 0 Å². The van der Waals surface area contributed by atoms with Crippen LogP contribution in [-0.2, 0) is 0 Å². The van der Waals surface area contributed by atoms with E-state index in [-0.39, 0.29) is 6.04 Å². The number of benzene rings is 4. The Hall–Kier alpha value is -6.53. The van der Waals surface area contributed by atoms with E-state index in [1.54, 1.807) is 0 Å². The quantitative estimate of drug-likeness (QED) is 0.192. The minimum Gasteiger partial charge on any atom is -0.379 e. The van der Waals surface area contributed by atoms with Crippen LogP contribution in [-0.4, -0.2) is 24.9 Å². The number of allylic oxidation sites excluding steroid dienone is 2. The highest BCUT2D eigenvalue weighted by atomic mass is 15.0. The zero-order chi connectivity index (χ0) is 32.1. The van der Waals surface area contributed by atoms with E-state index in [4.69, 9.17) is 24.9 Å². The first-order valence-electron chi connectivity index (χ1n) is 15.9. The molecule has 0 aliphatic carbocycles. The maximum atomic E-state index is 5.03. The molecule has 7 aromatic rings. The molecule has 8 rings (SSSR count). The zero-order valence-electron chi connectivity index (χ0n) is 26.0. The highest BCUT2D eigenvalue weighted by Gasteiger charge is 2.16. The summed E-state index contributed by atoms with van der Waals surface area (Å²) in [5, 5.41) is 3.40. The molecule has 3 aromatic heterocycles. The molecule has 0 bridgehead atoms. The van der Waals surface area contributed by atoms with E-state index in [0.717, 1.165) is 56.0 Å². The Morgan fingerprint density at radius 1 is 0.417 bits per heavy atom. The molecule has 1 atom stereocenters. The summed E-state index contributed by atoms with van der Waals surface area (Å²) >= 11 is 0. The molecule has 0 amide bonds. The second kappa shape index (κ2) is 13.1. The topological polar surface area (TPSA) is 76.5 Å². The highest BCUT2D eigenvalue weighted by Crippen LogP contribution is 2.31. The van der Waals surface area contributed by atoms with E-state index < -0.39 is 0 Å². The molecule has 0 spiro atoms. The average Bonchev–Trinajstić information content (AvgIpc) is 3.19. The van der Waals surface area contributed by atoms with E-state index >= 15 is 0 Å². The van der Waals surface area contributed by atoms with Crippen LogP contribution in [0.4, 0.5) is 0 Å². The fraction of sp³-hybridized carbons (Fsp3) is 0.0238. The van der Waals surface area contributed by atoms with Gasteiger partial charge in [0.1, 0.15) is 0 Å². The van der Waals surface area contributed by atoms with E-state index in [1.165, 1.54) is 0 Å². The summed E-state index contributed by atoms with van der Waals surface area (Å²) < 4.78 is 0. The summed E-state index contributed by atoms with van der Waals surface area (Å²) in [7, 11) is 0. The van der Waals surface area contributed by atoms with Crippen molar-refractivity contribution in [2.45, 2.75) is 6.04 Å². The van der Waals surface area contributed by atoms with Crippen molar-refractivity contribution in [3.8, 4) is 67.8 Å². The van der Waals surface area contributed by atoms with Crippen LogP contribution in [0.3, 0.4) is 0 Å². The first-order chi connectivity index (χ1) is 23.8. The highest BCUT2D eigenvalue weighted by molar-refractivity contribution is 5.73. The fourth-order valence-electron chi connectivity index (χ4n) is 5.73. The second-order valence-corrected chi connectivity index (χ2v) is 11.5. The third kappa shape index (κ3) is 6.15. The molecule has 228 valence electrons. The molecular weight excluding hydrogens is 589 g/mol. The third-order valence-corrected chi connectivity index (χ3v) is 8.26. The molecule has 1 N–H and O–H groups in total. The minimum absolute atomic E-state index is 0.00730. The van der Waals surface area contributed by atoms with E-state index in [1.807, 2.05) is 97.3 Å². The van der Waals surface area contributed by atoms with Crippen molar-refractivity contribution in [3.63, 3.8) is 0 Å². The van der Waals surface area contributed by atoms with Crippen LogP contribution in [0.15, 0.2) is 170 Å². The predicted molar refractivity (Wildman–Crippen MR) is 192 cm³/mol. The monoisotopic (exact) mass is 618 g/mol. The number of nitrogens with zero attached hydrogens (tertiary/aromatic N) is 5. The first kappa shape index (κ1) is 28.9. The Kier molecular flexibility index (Phi) is 7.87. The van der Waals surface area contributed by atoms with Crippen LogP contribution in [0.25, 0.3) is 67.8 Å². The van der Waals surface area contributed by atoms with Crippen LogP contribution in [0.2, 0.25) is 0 Å². The Bertz CT molecular complexity index is 2170. The largest absolute Gasteiger partial charge is 0.379 e. The summed E-state index contributed by atoms with van der Waals surface area (Å²) in [5.41, 5.74) is 9.69. The van der Waals surface area contributed by atoms with E-state index in [9.17, 15) is 0 Å². The van der Waals surface area contributed by atoms with E-state index in [2.05, 4.69) is 78.1 Å². The second-order valence-electron chi connectivity index (χ2n) is 11.5. The molecule has 0 fully saturated rings. The van der Waals surface area contributed by atoms with Gasteiger partial charge in [-0.2, -0.15) is 0 Å². The molecular formula is C42H30N6. The van der Waals surface area contributed by atoms with Gasteiger partial charge in [-0.3, -0.25) is 4.98 Å². The van der Waals surface area contributed by atoms with Gasteiger partial charge >= 0.3 is 0 Å². The average molecular weight is 619 g/mol. The van der Waals surface area contributed by atoms with Crippen molar-refractivity contribution >= 4 is 0 Å². The summed E-state index contributed by atoms with van der Waals surface area (Å²) in [6.07, 6.45) is 10.0. The Morgan fingerprint density at radius 3 is 1.48 bits per heavy atom. The number of rotatable bonds is 7. The summed E-state index contributed by atoms with van der Waals surface area (Å²) in [6, 6.07) is 47.1. The maximum Gasteiger partial charge on any atom is 0.164 e. The lowest BCUT2D eigenvalue weighted by Gasteiger charge is -2.17. The lowest BCUT2D eigenvalue weighted by Crippen LogP contribution is -2.16. The number of aromatic nitrogens is 5. The van der Waals surface area contributed by atoms with E-state index in [0.29, 0.717) is 17.5 Å². The van der Waals surface area contributed by atoms with Crippen molar-refractivity contribution in [1.82, 2.24) is 30.2 Å². The van der Waals surface area contributed by atoms with Gasteiger partial charge < -0.3 is 5.32 Å². The Balaban J connectivity index is 1.10. The zero-order valence-corrected chi connectivity index (χ0v) is 26.0. The lowest BCUT2D eigenvalue weighted by atomic mass is 10.0. The number of dihydropyridines is 1. The predicted octanol–water partition coefficient (Wildman–Crippen LogP) is 9.38. The number of hydrogen-bond donors (Lipinski definition) is 1. The normalized spacial score (nSPS) is 13.6. The number of hydrogen-bond acceptors (Lipinski definition) is 6. The molecule has 0 saturated carbocycles. The lowest BCUT2D eigenvalue weighted by molar-refractivity contribution is 0.722. The van der Waals surface area contributed by atoms with Gasteiger partial charge in [-0.25, -0.2) is 19.9 Å². The maximum absolute atomic E-state index is 5.03. The fourth-order valence-corrected chi connectivity index (χ4v) is 5.73. The molecule has 4 aromatic carbocycles. The van der Waals surface area contributed by atoms with Gasteiger partial charge in [0.25, 0.3) is 0 Å². The standard InChI is InChI=1S/C42H30N6/c1-4-12-29(13-5-1)35-26-38(36-18-10-11-25-43-36)45-39(27-35)37-24-23-34(28-44-37)30-19-21-33(22-20-30)42-47-40(31-14-6-2-7-15-31)46-41(48-42)32-16-8-3-9-17-32/h1-28,36,43H. The van der Waals surface area contributed by atoms with Crippen molar-refractivity contribution in [3.05, 3.63) is 176 Å². The summed E-state index contributed by atoms with van der Waals surface area (Å²) in [4.78, 5) is 24.4. The van der Waals surface area contributed by atoms with Crippen LogP contribution in [0.5, 0.6) is 0 Å². The number of pyridine rings is 2. The molecule has 6 nitrogen and oxygen atoms in total. The molecule has 0 saturated heterocycles. The first-order valence-corrected chi connectivity index (χ1v) is 15.9. The van der Waals surface area contributed by atoms with Gasteiger partial charge in [-0.15, -0.1) is 0 Å². The molecule has 1 aliphatic rings. The minimum atomic E-state index is -0.00730.